The highest BCUT2D eigenvalue weighted by molar-refractivity contribution is 9.10. The minimum atomic E-state index is -0.638. The molecule has 0 aliphatic carbocycles. The summed E-state index contributed by atoms with van der Waals surface area (Å²) in [5.41, 5.74) is 1.55. The summed E-state index contributed by atoms with van der Waals surface area (Å²) in [7, 11) is 1.68. The number of ether oxygens (including phenoxy) is 2. The van der Waals surface area contributed by atoms with Gasteiger partial charge >= 0.3 is 12.1 Å². The summed E-state index contributed by atoms with van der Waals surface area (Å²) in [5, 5.41) is 3.50. The zero-order chi connectivity index (χ0) is 29.9. The molecule has 41 heavy (non-hydrogen) atoms. The number of nitrogens with zero attached hydrogens (tertiary/aromatic N) is 2. The fourth-order valence-electron chi connectivity index (χ4n) is 4.61. The number of halogens is 3. The molecule has 1 N–H and O–H groups in total. The van der Waals surface area contributed by atoms with Crippen LogP contribution in [0, 0.1) is 12.7 Å². The van der Waals surface area contributed by atoms with E-state index in [9.17, 15) is 14.0 Å². The number of amides is 3. The second-order valence-electron chi connectivity index (χ2n) is 11.2. The quantitative estimate of drug-likeness (QED) is 0.293. The van der Waals surface area contributed by atoms with Crippen LogP contribution >= 0.6 is 27.5 Å². The number of hydrogen-bond acceptors (Lipinski definition) is 4. The molecule has 2 unspecified atom stereocenters. The molecular weight excluding hydrogens is 613 g/mol. The van der Waals surface area contributed by atoms with E-state index >= 15 is 0 Å². The van der Waals surface area contributed by atoms with Crippen LogP contribution in [0.1, 0.15) is 49.9 Å². The van der Waals surface area contributed by atoms with E-state index in [0.29, 0.717) is 35.1 Å². The van der Waals surface area contributed by atoms with E-state index in [4.69, 9.17) is 21.1 Å². The number of nitrogens with one attached hydrogen (secondary N) is 1. The molecule has 1 saturated heterocycles. The second-order valence-corrected chi connectivity index (χ2v) is 12.5. The summed E-state index contributed by atoms with van der Waals surface area (Å²) in [6.07, 6.45) is 0.135. The average molecular weight is 647 g/mol. The van der Waals surface area contributed by atoms with E-state index in [1.807, 2.05) is 45.0 Å². The summed E-state index contributed by atoms with van der Waals surface area (Å²) >= 11 is 9.97. The van der Waals surface area contributed by atoms with Gasteiger partial charge in [0.15, 0.2) is 0 Å². The largest absolute Gasteiger partial charge is 0.457 e. The van der Waals surface area contributed by atoms with Gasteiger partial charge in [0.2, 0.25) is 0 Å². The molecule has 0 aromatic heterocycles. The van der Waals surface area contributed by atoms with Crippen LogP contribution in [0.15, 0.2) is 65.1 Å². The van der Waals surface area contributed by atoms with Gasteiger partial charge in [-0.15, -0.1) is 0 Å². The van der Waals surface area contributed by atoms with Gasteiger partial charge < -0.3 is 19.7 Å². The molecule has 218 valence electrons. The molecule has 1 fully saturated rings. The van der Waals surface area contributed by atoms with Crippen molar-refractivity contribution in [3.05, 3.63) is 92.7 Å². The van der Waals surface area contributed by atoms with Crippen molar-refractivity contribution in [2.24, 2.45) is 0 Å². The minimum Gasteiger partial charge on any atom is -0.457 e. The number of aryl methyl sites for hydroxylation is 1. The summed E-state index contributed by atoms with van der Waals surface area (Å²) in [5.74, 6) is 0.706. The average Bonchev–Trinajstić information content (AvgIpc) is 3.31. The maximum atomic E-state index is 13.6. The van der Waals surface area contributed by atoms with Crippen LogP contribution in [-0.2, 0) is 11.3 Å². The predicted molar refractivity (Wildman–Crippen MR) is 161 cm³/mol. The smallest absolute Gasteiger partial charge is 0.410 e. The summed E-state index contributed by atoms with van der Waals surface area (Å²) in [4.78, 5) is 29.4. The normalized spacial score (nSPS) is 16.8. The van der Waals surface area contributed by atoms with Gasteiger partial charge in [0.25, 0.3) is 0 Å². The Balaban J connectivity index is 1.40. The minimum absolute atomic E-state index is 0.236. The molecule has 1 aliphatic rings. The Kier molecular flexibility index (Phi) is 9.49. The third-order valence-corrected chi connectivity index (χ3v) is 7.54. The van der Waals surface area contributed by atoms with Gasteiger partial charge in [-0.1, -0.05) is 45.7 Å². The first-order valence-electron chi connectivity index (χ1n) is 13.3. The highest BCUT2D eigenvalue weighted by atomic mass is 79.9. The lowest BCUT2D eigenvalue weighted by Gasteiger charge is -2.28. The Morgan fingerprint density at radius 3 is 2.39 bits per heavy atom. The van der Waals surface area contributed by atoms with Crippen molar-refractivity contribution in [3.63, 3.8) is 0 Å². The maximum Gasteiger partial charge on any atom is 0.410 e. The van der Waals surface area contributed by atoms with Crippen LogP contribution in [0.4, 0.5) is 14.0 Å². The Labute approximate surface area is 253 Å². The number of hydrogen-bond donors (Lipinski definition) is 1. The van der Waals surface area contributed by atoms with Crippen LogP contribution in [0.25, 0.3) is 0 Å². The highest BCUT2D eigenvalue weighted by Gasteiger charge is 2.39. The van der Waals surface area contributed by atoms with Gasteiger partial charge in [0.1, 0.15) is 22.9 Å². The molecule has 3 aromatic carbocycles. The number of carbonyl (C=O) groups excluding carboxylic acids is 2. The fraction of sp³-hybridized carbons (Fsp3) is 0.355. The third kappa shape index (κ3) is 8.14. The second kappa shape index (κ2) is 12.7. The molecule has 4 rings (SSSR count). The zero-order valence-corrected chi connectivity index (χ0v) is 26.1. The SMILES string of the molecule is Cc1cc(Oc2ccc(CN(C)C(=O)NC3CC(c4ccc(Br)cc4)N(C(=O)OC(C)(C)C)C3)c(Cl)c2)ccc1F. The molecule has 7 nitrogen and oxygen atoms in total. The van der Waals surface area contributed by atoms with E-state index in [1.54, 1.807) is 49.2 Å². The Hall–Kier alpha value is -3.30. The maximum absolute atomic E-state index is 13.6. The van der Waals surface area contributed by atoms with Gasteiger partial charge in [0.05, 0.1) is 12.1 Å². The monoisotopic (exact) mass is 645 g/mol. The van der Waals surface area contributed by atoms with Crippen molar-refractivity contribution in [3.8, 4) is 11.5 Å². The van der Waals surface area contributed by atoms with E-state index in [-0.39, 0.29) is 30.5 Å². The summed E-state index contributed by atoms with van der Waals surface area (Å²) in [6.45, 7) is 7.75. The standard InChI is InChI=1S/C31H34BrClFN3O4/c1-19-14-24(12-13-27(19)34)40-25-11-8-21(26(33)16-25)17-36(5)29(38)35-23-15-28(20-6-9-22(32)10-7-20)37(18-23)30(39)41-31(2,3)4/h6-14,16,23,28H,15,17-18H2,1-5H3,(H,35,38). The van der Waals surface area contributed by atoms with E-state index in [0.717, 1.165) is 15.6 Å². The molecule has 10 heteroatoms. The zero-order valence-electron chi connectivity index (χ0n) is 23.7. The molecule has 1 aliphatic heterocycles. The molecule has 0 spiro atoms. The molecule has 1 heterocycles. The van der Waals surface area contributed by atoms with E-state index in [1.165, 1.54) is 11.0 Å². The summed E-state index contributed by atoms with van der Waals surface area (Å²) in [6, 6.07) is 16.7. The first kappa shape index (κ1) is 30.7. The first-order valence-corrected chi connectivity index (χ1v) is 14.5. The van der Waals surface area contributed by atoms with Crippen molar-refractivity contribution in [2.45, 2.75) is 58.3 Å². The lowest BCUT2D eigenvalue weighted by Crippen LogP contribution is -2.45. The van der Waals surface area contributed by atoms with Crippen molar-refractivity contribution < 1.29 is 23.5 Å². The van der Waals surface area contributed by atoms with Gasteiger partial charge in [-0.3, -0.25) is 4.90 Å². The number of benzene rings is 3. The molecule has 3 aromatic rings. The van der Waals surface area contributed by atoms with Gasteiger partial charge in [-0.2, -0.15) is 0 Å². The Morgan fingerprint density at radius 1 is 1.10 bits per heavy atom. The van der Waals surface area contributed by atoms with Crippen molar-refractivity contribution >= 4 is 39.7 Å². The third-order valence-electron chi connectivity index (χ3n) is 6.66. The number of urea groups is 1. The lowest BCUT2D eigenvalue weighted by atomic mass is 10.0. The van der Waals surface area contributed by atoms with Gasteiger partial charge in [-0.05, 0) is 93.3 Å². The molecule has 0 saturated carbocycles. The Bertz CT molecular complexity index is 1410. The first-order chi connectivity index (χ1) is 19.3. The van der Waals surface area contributed by atoms with E-state index in [2.05, 4.69) is 21.2 Å². The van der Waals surface area contributed by atoms with E-state index < -0.39 is 11.7 Å². The fourth-order valence-corrected chi connectivity index (χ4v) is 5.11. The number of likely N-dealkylation sites (tertiary alicyclic amines) is 1. The number of carbonyl (C=O) groups is 2. The Morgan fingerprint density at radius 2 is 1.76 bits per heavy atom. The van der Waals surface area contributed by atoms with Crippen LogP contribution in [0.2, 0.25) is 5.02 Å². The van der Waals surface area contributed by atoms with Crippen LogP contribution in [0.3, 0.4) is 0 Å². The van der Waals surface area contributed by atoms with Gasteiger partial charge in [-0.25, -0.2) is 14.0 Å². The van der Waals surface area contributed by atoms with Crippen LogP contribution in [-0.4, -0.2) is 47.2 Å². The molecule has 0 bridgehead atoms. The summed E-state index contributed by atoms with van der Waals surface area (Å²) < 4.78 is 26.0. The molecule has 3 amide bonds. The molecule has 0 radical (unpaired) electrons. The van der Waals surface area contributed by atoms with Crippen LogP contribution in [0.5, 0.6) is 11.5 Å². The molecular formula is C31H34BrClFN3O4. The highest BCUT2D eigenvalue weighted by Crippen LogP contribution is 2.34. The molecule has 2 atom stereocenters. The lowest BCUT2D eigenvalue weighted by molar-refractivity contribution is 0.0221. The van der Waals surface area contributed by atoms with Crippen molar-refractivity contribution in [1.29, 1.82) is 0 Å². The number of rotatable bonds is 6. The predicted octanol–water partition coefficient (Wildman–Crippen LogP) is 8.23. The van der Waals surface area contributed by atoms with Crippen molar-refractivity contribution in [1.82, 2.24) is 15.1 Å². The van der Waals surface area contributed by atoms with Gasteiger partial charge in [0, 0.05) is 29.6 Å². The van der Waals surface area contributed by atoms with Crippen molar-refractivity contribution in [2.75, 3.05) is 13.6 Å². The topological polar surface area (TPSA) is 71.1 Å². The van der Waals surface area contributed by atoms with Crippen LogP contribution < -0.4 is 10.1 Å².